The lowest BCUT2D eigenvalue weighted by Gasteiger charge is -2.33. The highest BCUT2D eigenvalue weighted by Crippen LogP contribution is 2.41. The summed E-state index contributed by atoms with van der Waals surface area (Å²) in [5.41, 5.74) is 4.60. The van der Waals surface area contributed by atoms with Crippen molar-refractivity contribution in [1.29, 1.82) is 5.26 Å². The van der Waals surface area contributed by atoms with E-state index in [1.807, 2.05) is 18.3 Å². The van der Waals surface area contributed by atoms with Crippen LogP contribution in [0.25, 0.3) is 16.2 Å². The van der Waals surface area contributed by atoms with E-state index in [1.165, 1.54) is 17.0 Å². The van der Waals surface area contributed by atoms with E-state index in [0.29, 0.717) is 17.8 Å². The summed E-state index contributed by atoms with van der Waals surface area (Å²) in [4.78, 5) is 11.6. The molecule has 128 valence electrons. The van der Waals surface area contributed by atoms with Crippen molar-refractivity contribution in [3.63, 3.8) is 0 Å². The van der Waals surface area contributed by atoms with Gasteiger partial charge in [-0.1, -0.05) is 20.8 Å². The average molecular weight is 350 g/mol. The molecule has 4 nitrogen and oxygen atoms in total. The lowest BCUT2D eigenvalue weighted by molar-refractivity contribution is 0.216. The Balaban J connectivity index is 1.84. The predicted octanol–water partition coefficient (Wildman–Crippen LogP) is 4.67. The topological polar surface area (TPSA) is 54.0 Å². The molecule has 0 radical (unpaired) electrons. The fourth-order valence-corrected chi connectivity index (χ4v) is 5.10. The number of hydrogen-bond acceptors (Lipinski definition) is 4. The van der Waals surface area contributed by atoms with E-state index < -0.39 is 0 Å². The molecular formula is C20H22N4S. The lowest BCUT2D eigenvalue weighted by Crippen LogP contribution is -2.26. The minimum Gasteiger partial charge on any atom is -0.290 e. The second-order valence-electron chi connectivity index (χ2n) is 7.88. The number of nitrogens with zero attached hydrogens (tertiary/aromatic N) is 4. The van der Waals surface area contributed by atoms with Crippen LogP contribution < -0.4 is 0 Å². The standard InChI is InChI=1S/C20H22N4S/c1-20(2,3)14-6-7-15-17(11-14)25-19-23-18(13-5-4-10-22-12-13)16(8-9-21)24(15)19/h4-5,10,12,14H,6-8,11H2,1-3H3. The Morgan fingerprint density at radius 1 is 1.40 bits per heavy atom. The Labute approximate surface area is 152 Å². The Morgan fingerprint density at radius 3 is 2.92 bits per heavy atom. The van der Waals surface area contributed by atoms with Gasteiger partial charge in [0.2, 0.25) is 0 Å². The Hall–Kier alpha value is -2.19. The van der Waals surface area contributed by atoms with E-state index in [2.05, 4.69) is 36.2 Å². The number of aromatic nitrogens is 3. The third-order valence-electron chi connectivity index (χ3n) is 5.32. The van der Waals surface area contributed by atoms with Crippen LogP contribution in [0.3, 0.4) is 0 Å². The lowest BCUT2D eigenvalue weighted by atomic mass is 9.73. The summed E-state index contributed by atoms with van der Waals surface area (Å²) < 4.78 is 2.25. The van der Waals surface area contributed by atoms with Gasteiger partial charge in [0.05, 0.1) is 23.9 Å². The van der Waals surface area contributed by atoms with Crippen LogP contribution in [0, 0.1) is 22.7 Å². The van der Waals surface area contributed by atoms with Crippen LogP contribution in [0.5, 0.6) is 0 Å². The first kappa shape index (κ1) is 16.3. The minimum absolute atomic E-state index is 0.333. The molecule has 0 aliphatic heterocycles. The van der Waals surface area contributed by atoms with Crippen molar-refractivity contribution in [1.82, 2.24) is 14.4 Å². The number of fused-ring (bicyclic) bond motifs is 3. The van der Waals surface area contributed by atoms with Crippen molar-refractivity contribution in [3.8, 4) is 17.3 Å². The molecule has 25 heavy (non-hydrogen) atoms. The quantitative estimate of drug-likeness (QED) is 0.674. The molecule has 1 aliphatic carbocycles. The van der Waals surface area contributed by atoms with E-state index in [0.717, 1.165) is 34.8 Å². The zero-order valence-corrected chi connectivity index (χ0v) is 15.7. The molecule has 0 N–H and O–H groups in total. The molecule has 0 fully saturated rings. The van der Waals surface area contributed by atoms with Gasteiger partial charge in [0.15, 0.2) is 4.96 Å². The molecule has 0 aromatic carbocycles. The predicted molar refractivity (Wildman–Crippen MR) is 101 cm³/mol. The molecular weight excluding hydrogens is 328 g/mol. The Bertz CT molecular complexity index is 954. The second-order valence-corrected chi connectivity index (χ2v) is 8.94. The highest BCUT2D eigenvalue weighted by atomic mass is 32.1. The maximum absolute atomic E-state index is 9.36. The molecule has 4 rings (SSSR count). The van der Waals surface area contributed by atoms with Gasteiger partial charge in [-0.2, -0.15) is 5.26 Å². The number of aryl methyl sites for hydroxylation is 1. The van der Waals surface area contributed by atoms with E-state index in [-0.39, 0.29) is 0 Å². The van der Waals surface area contributed by atoms with Crippen LogP contribution in [0.2, 0.25) is 0 Å². The molecule has 5 heteroatoms. The fourth-order valence-electron chi connectivity index (χ4n) is 3.83. The molecule has 3 heterocycles. The zero-order chi connectivity index (χ0) is 17.6. The molecule has 0 bridgehead atoms. The van der Waals surface area contributed by atoms with Gasteiger partial charge in [-0.25, -0.2) is 4.98 Å². The third kappa shape index (κ3) is 2.75. The second kappa shape index (κ2) is 5.96. The number of nitriles is 1. The Kier molecular flexibility index (Phi) is 3.88. The van der Waals surface area contributed by atoms with Crippen LogP contribution in [0.4, 0.5) is 0 Å². The first-order valence-electron chi connectivity index (χ1n) is 8.78. The largest absolute Gasteiger partial charge is 0.290 e. The zero-order valence-electron chi connectivity index (χ0n) is 14.9. The molecule has 1 atom stereocenters. The number of hydrogen-bond donors (Lipinski definition) is 0. The van der Waals surface area contributed by atoms with E-state index in [1.54, 1.807) is 17.5 Å². The highest BCUT2D eigenvalue weighted by molar-refractivity contribution is 7.17. The molecule has 0 spiro atoms. The fraction of sp³-hybridized carbons (Fsp3) is 0.450. The maximum atomic E-state index is 9.36. The minimum atomic E-state index is 0.333. The van der Waals surface area contributed by atoms with Crippen molar-refractivity contribution in [2.24, 2.45) is 11.3 Å². The van der Waals surface area contributed by atoms with Crippen LogP contribution in [-0.2, 0) is 19.3 Å². The van der Waals surface area contributed by atoms with Gasteiger partial charge in [-0.15, -0.1) is 11.3 Å². The van der Waals surface area contributed by atoms with Crippen molar-refractivity contribution in [2.75, 3.05) is 0 Å². The summed E-state index contributed by atoms with van der Waals surface area (Å²) >= 11 is 1.80. The first-order chi connectivity index (χ1) is 12.0. The molecule has 1 unspecified atom stereocenters. The average Bonchev–Trinajstić information content (AvgIpc) is 3.11. The van der Waals surface area contributed by atoms with E-state index in [4.69, 9.17) is 4.98 Å². The van der Waals surface area contributed by atoms with Gasteiger partial charge in [-0.05, 0) is 42.7 Å². The van der Waals surface area contributed by atoms with Crippen molar-refractivity contribution in [3.05, 3.63) is 40.8 Å². The summed E-state index contributed by atoms with van der Waals surface area (Å²) in [6, 6.07) is 6.26. The monoisotopic (exact) mass is 350 g/mol. The number of thiazole rings is 1. The van der Waals surface area contributed by atoms with Gasteiger partial charge in [-0.3, -0.25) is 9.38 Å². The molecule has 0 saturated carbocycles. The van der Waals surface area contributed by atoms with E-state index >= 15 is 0 Å². The summed E-state index contributed by atoms with van der Waals surface area (Å²) in [5.74, 6) is 0.709. The normalized spacial score (nSPS) is 17.4. The summed E-state index contributed by atoms with van der Waals surface area (Å²) in [7, 11) is 0. The molecule has 3 aromatic heterocycles. The van der Waals surface area contributed by atoms with Crippen molar-refractivity contribution < 1.29 is 0 Å². The summed E-state index contributed by atoms with van der Waals surface area (Å²) in [5, 5.41) is 9.36. The summed E-state index contributed by atoms with van der Waals surface area (Å²) in [6.45, 7) is 7.01. The first-order valence-corrected chi connectivity index (χ1v) is 9.60. The van der Waals surface area contributed by atoms with Crippen LogP contribution >= 0.6 is 11.3 Å². The van der Waals surface area contributed by atoms with Gasteiger partial charge >= 0.3 is 0 Å². The highest BCUT2D eigenvalue weighted by Gasteiger charge is 2.32. The van der Waals surface area contributed by atoms with Gasteiger partial charge in [0.1, 0.15) is 0 Å². The SMILES string of the molecule is CC(C)(C)C1CCc2c(sc3nc(-c4cccnc4)c(CC#N)n23)C1. The van der Waals surface area contributed by atoms with Crippen LogP contribution in [0.15, 0.2) is 24.5 Å². The smallest absolute Gasteiger partial charge is 0.194 e. The van der Waals surface area contributed by atoms with Crippen molar-refractivity contribution in [2.45, 2.75) is 46.5 Å². The van der Waals surface area contributed by atoms with Gasteiger partial charge in [0.25, 0.3) is 0 Å². The van der Waals surface area contributed by atoms with Gasteiger partial charge < -0.3 is 0 Å². The maximum Gasteiger partial charge on any atom is 0.194 e. The Morgan fingerprint density at radius 2 is 2.24 bits per heavy atom. The third-order valence-corrected chi connectivity index (χ3v) is 6.42. The number of rotatable bonds is 2. The van der Waals surface area contributed by atoms with Crippen molar-refractivity contribution >= 4 is 16.3 Å². The molecule has 3 aromatic rings. The molecule has 0 amide bonds. The molecule has 0 saturated heterocycles. The number of pyridine rings is 1. The number of imidazole rings is 1. The van der Waals surface area contributed by atoms with E-state index in [9.17, 15) is 5.26 Å². The molecule has 1 aliphatic rings. The summed E-state index contributed by atoms with van der Waals surface area (Å²) in [6.07, 6.45) is 7.36. The van der Waals surface area contributed by atoms with Gasteiger partial charge in [0, 0.05) is 28.5 Å². The van der Waals surface area contributed by atoms with Crippen LogP contribution in [0.1, 0.15) is 43.5 Å². The van der Waals surface area contributed by atoms with Crippen LogP contribution in [-0.4, -0.2) is 14.4 Å².